The molecule has 1 aliphatic heterocycles. The quantitative estimate of drug-likeness (QED) is 0.780. The minimum Gasteiger partial charge on any atom is -0.388 e. The number of carbonyl (C=O) groups excluding carboxylic acids is 2. The van der Waals surface area contributed by atoms with Gasteiger partial charge in [-0.2, -0.15) is 0 Å². The summed E-state index contributed by atoms with van der Waals surface area (Å²) in [4.78, 5) is 35.5. The van der Waals surface area contributed by atoms with Gasteiger partial charge in [-0.05, 0) is 57.7 Å². The summed E-state index contributed by atoms with van der Waals surface area (Å²) in [6, 6.07) is 3.83. The monoisotopic (exact) mass is 430 g/mol. The number of anilines is 1. The molecule has 2 aromatic rings. The van der Waals surface area contributed by atoms with Gasteiger partial charge in [-0.15, -0.1) is 0 Å². The van der Waals surface area contributed by atoms with E-state index in [1.54, 1.807) is 13.8 Å². The third kappa shape index (κ3) is 4.01. The average Bonchev–Trinajstić information content (AvgIpc) is 3.00. The Kier molecular flexibility index (Phi) is 5.25. The van der Waals surface area contributed by atoms with Crippen molar-refractivity contribution in [1.29, 1.82) is 0 Å². The Balaban J connectivity index is 1.56. The third-order valence-corrected chi connectivity index (χ3v) is 6.44. The summed E-state index contributed by atoms with van der Waals surface area (Å²) in [5, 5.41) is 13.7. The van der Waals surface area contributed by atoms with Crippen molar-refractivity contribution in [1.82, 2.24) is 15.3 Å². The van der Waals surface area contributed by atoms with E-state index in [1.807, 2.05) is 0 Å². The van der Waals surface area contributed by atoms with Crippen LogP contribution in [-0.4, -0.2) is 45.1 Å². The molecule has 1 aromatic heterocycles. The van der Waals surface area contributed by atoms with Crippen LogP contribution in [0.1, 0.15) is 48.9 Å². The molecule has 2 aliphatic rings. The Morgan fingerprint density at radius 2 is 1.94 bits per heavy atom. The second-order valence-corrected chi connectivity index (χ2v) is 8.69. The van der Waals surface area contributed by atoms with E-state index in [0.717, 1.165) is 18.2 Å². The number of nitrogens with one attached hydrogen (secondary N) is 1. The molecule has 9 heteroatoms. The second-order valence-electron chi connectivity index (χ2n) is 8.69. The molecule has 3 unspecified atom stereocenters. The van der Waals surface area contributed by atoms with Crippen molar-refractivity contribution < 1.29 is 23.5 Å². The minimum absolute atomic E-state index is 0.175. The number of nitrogens with zero attached hydrogens (tertiary/aromatic N) is 3. The molecule has 2 fully saturated rings. The first-order valence-electron chi connectivity index (χ1n) is 10.2. The minimum atomic E-state index is -1.21. The summed E-state index contributed by atoms with van der Waals surface area (Å²) in [5.41, 5.74) is -1.67. The van der Waals surface area contributed by atoms with E-state index in [0.29, 0.717) is 31.6 Å². The highest BCUT2D eigenvalue weighted by molar-refractivity contribution is 6.00. The Bertz CT molecular complexity index is 1020. The highest BCUT2D eigenvalue weighted by atomic mass is 19.1. The highest BCUT2D eigenvalue weighted by Crippen LogP contribution is 2.48. The first kappa shape index (κ1) is 21.3. The van der Waals surface area contributed by atoms with Crippen molar-refractivity contribution in [3.8, 4) is 0 Å². The summed E-state index contributed by atoms with van der Waals surface area (Å²) < 4.78 is 27.3. The Hall–Kier alpha value is -2.94. The van der Waals surface area contributed by atoms with Gasteiger partial charge in [-0.25, -0.2) is 18.7 Å². The first-order chi connectivity index (χ1) is 14.6. The number of aliphatic hydroxyl groups is 1. The maximum atomic E-state index is 13.7. The summed E-state index contributed by atoms with van der Waals surface area (Å²) in [7, 11) is 0. The molecule has 164 valence electrons. The van der Waals surface area contributed by atoms with E-state index in [2.05, 4.69) is 15.3 Å². The van der Waals surface area contributed by atoms with Gasteiger partial charge in [0.2, 0.25) is 5.91 Å². The zero-order valence-corrected chi connectivity index (χ0v) is 17.4. The molecule has 0 bridgehead atoms. The van der Waals surface area contributed by atoms with Crippen LogP contribution in [0.3, 0.4) is 0 Å². The van der Waals surface area contributed by atoms with Crippen LogP contribution in [-0.2, 0) is 4.79 Å². The van der Waals surface area contributed by atoms with E-state index >= 15 is 0 Å². The number of aryl methyl sites for hydroxylation is 1. The van der Waals surface area contributed by atoms with Crippen molar-refractivity contribution in [2.24, 2.45) is 5.41 Å². The summed E-state index contributed by atoms with van der Waals surface area (Å²) in [6.07, 6.45) is 2.90. The maximum absolute atomic E-state index is 13.7. The molecule has 7 nitrogen and oxygen atoms in total. The molecule has 2 N–H and O–H groups in total. The van der Waals surface area contributed by atoms with Crippen LogP contribution in [0.4, 0.5) is 14.5 Å². The van der Waals surface area contributed by atoms with Crippen molar-refractivity contribution in [2.75, 3.05) is 11.4 Å². The molecular formula is C22H24F2N4O3. The van der Waals surface area contributed by atoms with Crippen molar-refractivity contribution in [3.63, 3.8) is 0 Å². The largest absolute Gasteiger partial charge is 0.388 e. The average molecular weight is 430 g/mol. The zero-order chi connectivity index (χ0) is 22.4. The number of rotatable bonds is 3. The van der Waals surface area contributed by atoms with Crippen LogP contribution in [0.15, 0.2) is 30.5 Å². The van der Waals surface area contributed by atoms with Crippen LogP contribution < -0.4 is 10.2 Å². The lowest BCUT2D eigenvalue weighted by Gasteiger charge is -2.45. The topological polar surface area (TPSA) is 95.4 Å². The molecule has 0 radical (unpaired) electrons. The lowest BCUT2D eigenvalue weighted by Crippen LogP contribution is -2.58. The molecule has 1 aliphatic carbocycles. The zero-order valence-electron chi connectivity index (χ0n) is 17.4. The van der Waals surface area contributed by atoms with Crippen molar-refractivity contribution in [3.05, 3.63) is 53.6 Å². The summed E-state index contributed by atoms with van der Waals surface area (Å²) in [6.45, 7) is 3.62. The van der Waals surface area contributed by atoms with Gasteiger partial charge in [-0.1, -0.05) is 0 Å². The molecular weight excluding hydrogens is 406 g/mol. The number of aromatic nitrogens is 2. The fourth-order valence-electron chi connectivity index (χ4n) is 4.58. The van der Waals surface area contributed by atoms with Gasteiger partial charge in [-0.3, -0.25) is 9.59 Å². The molecule has 2 amide bonds. The van der Waals surface area contributed by atoms with Gasteiger partial charge in [0.15, 0.2) is 0 Å². The molecule has 4 rings (SSSR count). The summed E-state index contributed by atoms with van der Waals surface area (Å²) in [5.74, 6) is -1.75. The van der Waals surface area contributed by atoms with Crippen LogP contribution in [0, 0.1) is 24.0 Å². The van der Waals surface area contributed by atoms with Gasteiger partial charge >= 0.3 is 0 Å². The number of hydrogen-bond donors (Lipinski definition) is 2. The molecule has 1 spiro atoms. The highest BCUT2D eigenvalue weighted by Gasteiger charge is 2.54. The first-order valence-corrected chi connectivity index (χ1v) is 10.2. The number of halogens is 2. The van der Waals surface area contributed by atoms with Crippen LogP contribution in [0.2, 0.25) is 0 Å². The van der Waals surface area contributed by atoms with Crippen LogP contribution in [0.5, 0.6) is 0 Å². The number of hydrogen-bond acceptors (Lipinski definition) is 5. The van der Waals surface area contributed by atoms with Gasteiger partial charge < -0.3 is 15.3 Å². The maximum Gasteiger partial charge on any atom is 0.270 e. The molecule has 3 atom stereocenters. The summed E-state index contributed by atoms with van der Waals surface area (Å²) >= 11 is 0. The SMILES string of the molecule is Cc1nccc(C(=O)NC2CC3(CCN(c4cc(F)cc(F)c4)C3=O)CCC2(C)O)n1. The van der Waals surface area contributed by atoms with E-state index in [-0.39, 0.29) is 23.7 Å². The lowest BCUT2D eigenvalue weighted by atomic mass is 9.65. The van der Waals surface area contributed by atoms with E-state index in [4.69, 9.17) is 0 Å². The van der Waals surface area contributed by atoms with E-state index in [9.17, 15) is 23.5 Å². The van der Waals surface area contributed by atoms with Crippen LogP contribution in [0.25, 0.3) is 0 Å². The van der Waals surface area contributed by atoms with Gasteiger partial charge in [0.1, 0.15) is 23.2 Å². The number of benzene rings is 1. The second kappa shape index (κ2) is 7.64. The Morgan fingerprint density at radius 3 is 2.61 bits per heavy atom. The van der Waals surface area contributed by atoms with Gasteiger partial charge in [0.05, 0.1) is 17.1 Å². The molecule has 31 heavy (non-hydrogen) atoms. The fraction of sp³-hybridized carbons (Fsp3) is 0.455. The normalized spacial score (nSPS) is 28.2. The fourth-order valence-corrected chi connectivity index (χ4v) is 4.58. The number of amides is 2. The molecule has 1 saturated heterocycles. The molecule has 1 aromatic carbocycles. The smallest absolute Gasteiger partial charge is 0.270 e. The van der Waals surface area contributed by atoms with Gasteiger partial charge in [0, 0.05) is 24.5 Å². The predicted octanol–water partition coefficient (Wildman–Crippen LogP) is 2.52. The Labute approximate surface area is 178 Å². The molecule has 1 saturated carbocycles. The van der Waals surface area contributed by atoms with Crippen molar-refractivity contribution in [2.45, 2.75) is 51.2 Å². The van der Waals surface area contributed by atoms with Crippen molar-refractivity contribution >= 4 is 17.5 Å². The van der Waals surface area contributed by atoms with E-state index < -0.39 is 34.6 Å². The van der Waals surface area contributed by atoms with E-state index in [1.165, 1.54) is 17.2 Å². The predicted molar refractivity (Wildman–Crippen MR) is 108 cm³/mol. The van der Waals surface area contributed by atoms with Gasteiger partial charge in [0.25, 0.3) is 5.91 Å². The number of carbonyl (C=O) groups is 2. The molecule has 2 heterocycles. The third-order valence-electron chi connectivity index (χ3n) is 6.44. The lowest BCUT2D eigenvalue weighted by molar-refractivity contribution is -0.131. The van der Waals surface area contributed by atoms with Crippen LogP contribution >= 0.6 is 0 Å². The Morgan fingerprint density at radius 1 is 1.23 bits per heavy atom. The standard InChI is InChI=1S/C22H24F2N4O3/c1-13-25-7-3-17(26-13)19(29)27-18-12-22(5-4-21(18,2)31)6-8-28(20(22)30)16-10-14(23)9-15(24)11-16/h3,7,9-11,18,31H,4-6,8,12H2,1-2H3,(H,27,29).